The van der Waals surface area contributed by atoms with E-state index < -0.39 is 11.4 Å². The van der Waals surface area contributed by atoms with E-state index in [9.17, 15) is 9.65 Å². The van der Waals surface area contributed by atoms with Crippen molar-refractivity contribution in [3.63, 3.8) is 0 Å². The molecule has 3 rings (SSSR count). The van der Waals surface area contributed by atoms with E-state index in [1.165, 1.54) is 6.07 Å². The summed E-state index contributed by atoms with van der Waals surface area (Å²) in [5.74, 6) is -0.491. The molecule has 1 aliphatic heterocycles. The first-order chi connectivity index (χ1) is 10.5. The van der Waals surface area contributed by atoms with Gasteiger partial charge in [-0.25, -0.2) is 4.39 Å². The van der Waals surface area contributed by atoms with Crippen molar-refractivity contribution in [3.05, 3.63) is 47.5 Å². The van der Waals surface area contributed by atoms with Crippen LogP contribution in [0.2, 0.25) is 0 Å². The van der Waals surface area contributed by atoms with Crippen molar-refractivity contribution in [2.45, 2.75) is 12.5 Å². The molecule has 1 aromatic carbocycles. The minimum Gasteiger partial charge on any atom is -0.367 e. The monoisotopic (exact) mass is 300 g/mol. The van der Waals surface area contributed by atoms with Gasteiger partial charge >= 0.3 is 0 Å². The predicted molar refractivity (Wildman–Crippen MR) is 79.8 cm³/mol. The predicted octanol–water partition coefficient (Wildman–Crippen LogP) is 2.18. The van der Waals surface area contributed by atoms with Gasteiger partial charge < -0.3 is 9.64 Å². The summed E-state index contributed by atoms with van der Waals surface area (Å²) in [5.41, 5.74) is 1.12. The van der Waals surface area contributed by atoms with Gasteiger partial charge in [-0.3, -0.25) is 4.68 Å². The van der Waals surface area contributed by atoms with Crippen LogP contribution in [0.15, 0.2) is 30.6 Å². The molecule has 114 valence electrons. The van der Waals surface area contributed by atoms with E-state index in [1.54, 1.807) is 23.0 Å². The molecule has 22 heavy (non-hydrogen) atoms. The van der Waals surface area contributed by atoms with Crippen LogP contribution in [0.3, 0.4) is 0 Å². The van der Waals surface area contributed by atoms with Crippen molar-refractivity contribution >= 4 is 5.69 Å². The second kappa shape index (κ2) is 5.43. The highest BCUT2D eigenvalue weighted by Gasteiger charge is 2.36. The standard InChI is InChI=1S/C16H17FN4O/c1-16(12-9-19-20(2)10-12)11-21(6-7-22-16)15-5-3-4-14(17)13(15)8-18/h3-5,9-10H,6-7,11H2,1-2H3. The second-order valence-corrected chi connectivity index (χ2v) is 5.65. The molecule has 0 amide bonds. The SMILES string of the molecule is Cn1cc(C2(C)CN(c3cccc(F)c3C#N)CCO2)cn1. The number of halogens is 1. The van der Waals surface area contributed by atoms with Gasteiger partial charge in [0.15, 0.2) is 0 Å². The van der Waals surface area contributed by atoms with E-state index in [0.717, 1.165) is 5.56 Å². The fourth-order valence-electron chi connectivity index (χ4n) is 2.83. The minimum atomic E-state index is -0.536. The summed E-state index contributed by atoms with van der Waals surface area (Å²) in [6, 6.07) is 6.67. The van der Waals surface area contributed by atoms with Crippen LogP contribution < -0.4 is 4.90 Å². The molecule has 1 aliphatic rings. The zero-order chi connectivity index (χ0) is 15.7. The summed E-state index contributed by atoms with van der Waals surface area (Å²) >= 11 is 0. The van der Waals surface area contributed by atoms with E-state index in [1.807, 2.05) is 31.1 Å². The lowest BCUT2D eigenvalue weighted by Crippen LogP contribution is -2.48. The maximum atomic E-state index is 13.8. The van der Waals surface area contributed by atoms with Crippen LogP contribution >= 0.6 is 0 Å². The summed E-state index contributed by atoms with van der Waals surface area (Å²) in [5, 5.41) is 13.4. The van der Waals surface area contributed by atoms with Crippen LogP contribution in [0.1, 0.15) is 18.1 Å². The van der Waals surface area contributed by atoms with Gasteiger partial charge in [0.05, 0.1) is 25.0 Å². The van der Waals surface area contributed by atoms with Gasteiger partial charge in [0.2, 0.25) is 0 Å². The molecule has 0 N–H and O–H groups in total. The van der Waals surface area contributed by atoms with Gasteiger partial charge in [0.1, 0.15) is 23.1 Å². The van der Waals surface area contributed by atoms with Gasteiger partial charge in [-0.2, -0.15) is 10.4 Å². The summed E-state index contributed by atoms with van der Waals surface area (Å²) in [6.45, 7) is 3.65. The smallest absolute Gasteiger partial charge is 0.143 e. The Kier molecular flexibility index (Phi) is 3.59. The first-order valence-corrected chi connectivity index (χ1v) is 7.10. The van der Waals surface area contributed by atoms with Crippen molar-refractivity contribution in [3.8, 4) is 6.07 Å². The largest absolute Gasteiger partial charge is 0.367 e. The molecule has 0 bridgehead atoms. The summed E-state index contributed by atoms with van der Waals surface area (Å²) < 4.78 is 21.5. The number of anilines is 1. The molecule has 6 heteroatoms. The Hall–Kier alpha value is -2.39. The molecular weight excluding hydrogens is 283 g/mol. The highest BCUT2D eigenvalue weighted by atomic mass is 19.1. The highest BCUT2D eigenvalue weighted by molar-refractivity contribution is 5.60. The first kappa shape index (κ1) is 14.5. The fraction of sp³-hybridized carbons (Fsp3) is 0.375. The normalized spacial score (nSPS) is 21.6. The van der Waals surface area contributed by atoms with Gasteiger partial charge in [-0.05, 0) is 19.1 Å². The molecule has 1 fully saturated rings. The number of benzene rings is 1. The molecule has 1 unspecified atom stereocenters. The maximum Gasteiger partial charge on any atom is 0.143 e. The molecule has 2 aromatic rings. The zero-order valence-corrected chi connectivity index (χ0v) is 12.6. The Balaban J connectivity index is 1.94. The van der Waals surface area contributed by atoms with Crippen LogP contribution in [0.4, 0.5) is 10.1 Å². The van der Waals surface area contributed by atoms with Gasteiger partial charge in [-0.15, -0.1) is 0 Å². The third-order valence-electron chi connectivity index (χ3n) is 4.03. The third kappa shape index (κ3) is 2.44. The molecule has 0 spiro atoms. The molecule has 0 radical (unpaired) electrons. The Morgan fingerprint density at radius 2 is 2.27 bits per heavy atom. The molecule has 1 aromatic heterocycles. The number of hydrogen-bond donors (Lipinski definition) is 0. The number of aryl methyl sites for hydroxylation is 1. The molecule has 1 atom stereocenters. The Morgan fingerprint density at radius 1 is 1.45 bits per heavy atom. The number of aromatic nitrogens is 2. The third-order valence-corrected chi connectivity index (χ3v) is 4.03. The van der Waals surface area contributed by atoms with Gasteiger partial charge in [0.25, 0.3) is 0 Å². The van der Waals surface area contributed by atoms with Crippen LogP contribution in [0.25, 0.3) is 0 Å². The highest BCUT2D eigenvalue weighted by Crippen LogP contribution is 2.33. The lowest BCUT2D eigenvalue weighted by Gasteiger charge is -2.41. The first-order valence-electron chi connectivity index (χ1n) is 7.10. The Bertz CT molecular complexity index is 736. The topological polar surface area (TPSA) is 54.1 Å². The number of hydrogen-bond acceptors (Lipinski definition) is 4. The molecular formula is C16H17FN4O. The maximum absolute atomic E-state index is 13.8. The van der Waals surface area contributed by atoms with E-state index in [0.29, 0.717) is 25.4 Å². The Labute approximate surface area is 128 Å². The number of morpholine rings is 1. The van der Waals surface area contributed by atoms with E-state index in [2.05, 4.69) is 5.10 Å². The molecule has 2 heterocycles. The zero-order valence-electron chi connectivity index (χ0n) is 12.6. The fourth-order valence-corrected chi connectivity index (χ4v) is 2.83. The quantitative estimate of drug-likeness (QED) is 0.853. The molecule has 1 saturated heterocycles. The lowest BCUT2D eigenvalue weighted by atomic mass is 9.96. The van der Waals surface area contributed by atoms with Crippen molar-refractivity contribution in [2.75, 3.05) is 24.6 Å². The number of rotatable bonds is 2. The van der Waals surface area contributed by atoms with Crippen molar-refractivity contribution in [1.29, 1.82) is 5.26 Å². The van der Waals surface area contributed by atoms with E-state index in [-0.39, 0.29) is 5.56 Å². The van der Waals surface area contributed by atoms with Crippen LogP contribution in [-0.4, -0.2) is 29.5 Å². The van der Waals surface area contributed by atoms with Crippen molar-refractivity contribution in [1.82, 2.24) is 9.78 Å². The average molecular weight is 300 g/mol. The van der Waals surface area contributed by atoms with Gasteiger partial charge in [-0.1, -0.05) is 6.07 Å². The number of nitriles is 1. The summed E-state index contributed by atoms with van der Waals surface area (Å²) in [6.07, 6.45) is 3.70. The van der Waals surface area contributed by atoms with Crippen molar-refractivity contribution in [2.24, 2.45) is 7.05 Å². The Morgan fingerprint density at radius 3 is 2.95 bits per heavy atom. The molecule has 0 saturated carbocycles. The summed E-state index contributed by atoms with van der Waals surface area (Å²) in [4.78, 5) is 2.00. The number of ether oxygens (including phenoxy) is 1. The number of nitrogens with zero attached hydrogens (tertiary/aromatic N) is 4. The van der Waals surface area contributed by atoms with Crippen molar-refractivity contribution < 1.29 is 9.13 Å². The second-order valence-electron chi connectivity index (χ2n) is 5.65. The van der Waals surface area contributed by atoms with Crippen LogP contribution in [0.5, 0.6) is 0 Å². The lowest BCUT2D eigenvalue weighted by molar-refractivity contribution is -0.0466. The van der Waals surface area contributed by atoms with Crippen LogP contribution in [-0.2, 0) is 17.4 Å². The minimum absolute atomic E-state index is 0.0814. The van der Waals surface area contributed by atoms with Crippen LogP contribution in [0, 0.1) is 17.1 Å². The van der Waals surface area contributed by atoms with Gasteiger partial charge in [0, 0.05) is 25.4 Å². The average Bonchev–Trinajstić information content (AvgIpc) is 2.94. The van der Waals surface area contributed by atoms with E-state index in [4.69, 9.17) is 4.74 Å². The molecule has 5 nitrogen and oxygen atoms in total. The molecule has 0 aliphatic carbocycles. The summed E-state index contributed by atoms with van der Waals surface area (Å²) in [7, 11) is 1.85. The van der Waals surface area contributed by atoms with E-state index >= 15 is 0 Å².